The van der Waals surface area contributed by atoms with Gasteiger partial charge in [0.05, 0.1) is 14.2 Å². The summed E-state index contributed by atoms with van der Waals surface area (Å²) in [6, 6.07) is 5.53. The lowest BCUT2D eigenvalue weighted by molar-refractivity contribution is -0.149. The van der Waals surface area contributed by atoms with Gasteiger partial charge in [-0.1, -0.05) is 6.07 Å². The summed E-state index contributed by atoms with van der Waals surface area (Å²) in [5.74, 6) is -0.0495. The minimum atomic E-state index is -0.690. The van der Waals surface area contributed by atoms with Gasteiger partial charge >= 0.3 is 0 Å². The number of benzene rings is 1. The van der Waals surface area contributed by atoms with Crippen LogP contribution in [0.1, 0.15) is 24.8 Å². The lowest BCUT2D eigenvalue weighted by Gasteiger charge is -2.48. The molecule has 3 heterocycles. The molecule has 0 radical (unpaired) electrons. The molecule has 6 nitrogen and oxygen atoms in total. The summed E-state index contributed by atoms with van der Waals surface area (Å²) < 4.78 is 10.5. The molecule has 4 rings (SSSR count). The van der Waals surface area contributed by atoms with Crippen LogP contribution in [0.25, 0.3) is 0 Å². The van der Waals surface area contributed by atoms with Gasteiger partial charge in [0.2, 0.25) is 11.8 Å². The highest BCUT2D eigenvalue weighted by Gasteiger charge is 2.53. The summed E-state index contributed by atoms with van der Waals surface area (Å²) in [5.41, 5.74) is 0.231. The maximum atomic E-state index is 12.1. The van der Waals surface area contributed by atoms with E-state index in [1.165, 1.54) is 0 Å². The molecule has 0 saturated carbocycles. The lowest BCUT2D eigenvalue weighted by Crippen LogP contribution is -2.72. The van der Waals surface area contributed by atoms with Crippen molar-refractivity contribution in [2.24, 2.45) is 5.92 Å². The number of ether oxygens (including phenoxy) is 2. The summed E-state index contributed by atoms with van der Waals surface area (Å²) in [7, 11) is 3.14. The van der Waals surface area contributed by atoms with Crippen LogP contribution in [0.15, 0.2) is 18.2 Å². The fourth-order valence-corrected chi connectivity index (χ4v) is 3.27. The Balaban J connectivity index is 2.00. The number of carbonyl (C=O) groups is 2. The van der Waals surface area contributed by atoms with Crippen LogP contribution in [0.3, 0.4) is 0 Å². The number of carbonyl (C=O) groups excluding carboxylic acids is 2. The van der Waals surface area contributed by atoms with E-state index in [0.29, 0.717) is 17.9 Å². The third kappa shape index (κ3) is 2.11. The number of piperidine rings is 2. The molecule has 112 valence electrons. The van der Waals surface area contributed by atoms with Gasteiger partial charge in [0, 0.05) is 5.92 Å². The average molecular weight is 290 g/mol. The molecule has 2 N–H and O–H groups in total. The lowest BCUT2D eigenvalue weighted by atomic mass is 9.72. The van der Waals surface area contributed by atoms with Crippen molar-refractivity contribution in [2.75, 3.05) is 14.2 Å². The third-order valence-electron chi connectivity index (χ3n) is 4.23. The molecular weight excluding hydrogens is 272 g/mol. The maximum Gasteiger partial charge on any atom is 0.235 e. The zero-order valence-corrected chi connectivity index (χ0v) is 12.2. The van der Waals surface area contributed by atoms with Crippen molar-refractivity contribution in [3.8, 4) is 11.5 Å². The summed E-state index contributed by atoms with van der Waals surface area (Å²) in [4.78, 5) is 24.2. The minimum Gasteiger partial charge on any atom is -0.493 e. The van der Waals surface area contributed by atoms with Gasteiger partial charge in [-0.2, -0.15) is 0 Å². The summed E-state index contributed by atoms with van der Waals surface area (Å²) in [5, 5.41) is 5.69. The zero-order valence-electron chi connectivity index (χ0n) is 12.2. The first-order valence-corrected chi connectivity index (χ1v) is 6.83. The van der Waals surface area contributed by atoms with Crippen molar-refractivity contribution < 1.29 is 19.1 Å². The Labute approximate surface area is 122 Å². The molecule has 6 heteroatoms. The monoisotopic (exact) mass is 290 g/mol. The Kier molecular flexibility index (Phi) is 3.04. The second-order valence-corrected chi connectivity index (χ2v) is 5.71. The quantitative estimate of drug-likeness (QED) is 0.806. The van der Waals surface area contributed by atoms with E-state index in [2.05, 4.69) is 10.6 Å². The first-order chi connectivity index (χ1) is 9.97. The van der Waals surface area contributed by atoms with Crippen LogP contribution < -0.4 is 20.1 Å². The van der Waals surface area contributed by atoms with Crippen LogP contribution >= 0.6 is 0 Å². The van der Waals surface area contributed by atoms with Crippen molar-refractivity contribution in [1.82, 2.24) is 10.6 Å². The molecule has 3 saturated heterocycles. The summed E-state index contributed by atoms with van der Waals surface area (Å²) >= 11 is 0. The van der Waals surface area contributed by atoms with E-state index in [9.17, 15) is 9.59 Å². The standard InChI is InChI=1S/C15H18N2O4/c1-15-7-9(12(13(18)16-15)14(19)17-15)8-4-5-10(20-2)11(6-8)21-3/h4-6,9,12H,7H2,1-3H3,(H,16,18)(H,17,19)/t9-,12?,15?/m1/s1. The average Bonchev–Trinajstić information content (AvgIpc) is 2.44. The maximum absolute atomic E-state index is 12.1. The Hall–Kier alpha value is -2.24. The van der Waals surface area contributed by atoms with Crippen LogP contribution in [0.4, 0.5) is 0 Å². The predicted molar refractivity (Wildman–Crippen MR) is 75.1 cm³/mol. The second-order valence-electron chi connectivity index (χ2n) is 5.71. The highest BCUT2D eigenvalue weighted by atomic mass is 16.5. The van der Waals surface area contributed by atoms with Gasteiger partial charge in [0.25, 0.3) is 0 Å². The molecule has 0 aromatic heterocycles. The molecule has 3 aliphatic heterocycles. The molecule has 1 atom stereocenters. The van der Waals surface area contributed by atoms with Crippen molar-refractivity contribution in [3.63, 3.8) is 0 Å². The zero-order chi connectivity index (χ0) is 15.2. The molecule has 1 aromatic rings. The molecular formula is C15H18N2O4. The third-order valence-corrected chi connectivity index (χ3v) is 4.23. The van der Waals surface area contributed by atoms with Crippen LogP contribution in [0.5, 0.6) is 11.5 Å². The van der Waals surface area contributed by atoms with Crippen LogP contribution in [-0.2, 0) is 9.59 Å². The molecule has 21 heavy (non-hydrogen) atoms. The summed E-state index contributed by atoms with van der Waals surface area (Å²) in [6.07, 6.45) is 0.657. The van der Waals surface area contributed by atoms with Crippen molar-refractivity contribution in [2.45, 2.75) is 24.9 Å². The number of fused-ring (bicyclic) bond motifs is 3. The van der Waals surface area contributed by atoms with Gasteiger partial charge in [0.15, 0.2) is 11.5 Å². The molecule has 0 unspecified atom stereocenters. The largest absolute Gasteiger partial charge is 0.493 e. The second kappa shape index (κ2) is 4.65. The Morgan fingerprint density at radius 3 is 2.24 bits per heavy atom. The van der Waals surface area contributed by atoms with E-state index >= 15 is 0 Å². The Morgan fingerprint density at radius 2 is 1.71 bits per heavy atom. The molecule has 1 aromatic carbocycles. The van der Waals surface area contributed by atoms with E-state index < -0.39 is 11.6 Å². The van der Waals surface area contributed by atoms with Gasteiger partial charge in [-0.05, 0) is 31.0 Å². The summed E-state index contributed by atoms with van der Waals surface area (Å²) in [6.45, 7) is 1.83. The first-order valence-electron chi connectivity index (χ1n) is 6.83. The predicted octanol–water partition coefficient (Wildman–Crippen LogP) is 0.769. The highest BCUT2D eigenvalue weighted by molar-refractivity contribution is 6.05. The number of rotatable bonds is 3. The van der Waals surface area contributed by atoms with E-state index in [-0.39, 0.29) is 17.7 Å². The molecule has 3 fully saturated rings. The number of amides is 2. The van der Waals surface area contributed by atoms with E-state index in [1.807, 2.05) is 19.1 Å². The van der Waals surface area contributed by atoms with Crippen LogP contribution in [-0.4, -0.2) is 31.7 Å². The van der Waals surface area contributed by atoms with E-state index in [0.717, 1.165) is 5.56 Å². The number of hydrogen-bond donors (Lipinski definition) is 2. The topological polar surface area (TPSA) is 76.7 Å². The molecule has 0 spiro atoms. The van der Waals surface area contributed by atoms with Crippen molar-refractivity contribution in [1.29, 1.82) is 0 Å². The van der Waals surface area contributed by atoms with Gasteiger partial charge in [-0.15, -0.1) is 0 Å². The highest BCUT2D eigenvalue weighted by Crippen LogP contribution is 2.42. The van der Waals surface area contributed by atoms with Crippen molar-refractivity contribution >= 4 is 11.8 Å². The minimum absolute atomic E-state index is 0.155. The molecule has 0 aliphatic carbocycles. The molecule has 2 bridgehead atoms. The number of nitrogens with one attached hydrogen (secondary N) is 2. The fourth-order valence-electron chi connectivity index (χ4n) is 3.27. The van der Waals surface area contributed by atoms with Gasteiger partial charge in [0.1, 0.15) is 11.6 Å². The molecule has 3 aliphatic rings. The van der Waals surface area contributed by atoms with Crippen LogP contribution in [0.2, 0.25) is 0 Å². The normalized spacial score (nSPS) is 30.6. The Morgan fingerprint density at radius 1 is 1.10 bits per heavy atom. The van der Waals surface area contributed by atoms with Gasteiger partial charge in [-0.25, -0.2) is 0 Å². The SMILES string of the molecule is COc1ccc([C@H]2CC3(C)NC(=O)C2C(=O)N3)cc1OC. The number of hydrogen-bond acceptors (Lipinski definition) is 4. The van der Waals surface area contributed by atoms with Crippen LogP contribution in [0, 0.1) is 5.92 Å². The van der Waals surface area contributed by atoms with Gasteiger partial charge in [-0.3, -0.25) is 9.59 Å². The van der Waals surface area contributed by atoms with Gasteiger partial charge < -0.3 is 20.1 Å². The fraction of sp³-hybridized carbons (Fsp3) is 0.467. The van der Waals surface area contributed by atoms with Crippen molar-refractivity contribution in [3.05, 3.63) is 23.8 Å². The smallest absolute Gasteiger partial charge is 0.235 e. The van der Waals surface area contributed by atoms with E-state index in [4.69, 9.17) is 9.47 Å². The first kappa shape index (κ1) is 13.7. The van der Waals surface area contributed by atoms with E-state index in [1.54, 1.807) is 20.3 Å². The number of methoxy groups -OCH3 is 2. The molecule has 2 amide bonds. The Bertz CT molecular complexity index is 596.